The maximum absolute atomic E-state index is 6.08. The van der Waals surface area contributed by atoms with Crippen LogP contribution in [0.4, 0.5) is 0 Å². The molecule has 0 radical (unpaired) electrons. The first-order valence-electron chi connectivity index (χ1n) is 7.13. The van der Waals surface area contributed by atoms with E-state index in [1.807, 2.05) is 12.3 Å². The zero-order chi connectivity index (χ0) is 13.5. The Morgan fingerprint density at radius 3 is 2.95 bits per heavy atom. The Morgan fingerprint density at radius 1 is 1.42 bits per heavy atom. The van der Waals surface area contributed by atoms with Gasteiger partial charge in [0.15, 0.2) is 0 Å². The SMILES string of the molecule is CC(C)CNCc1cnccc1OC1CCOCC1. The number of nitrogens with one attached hydrogen (secondary N) is 1. The minimum absolute atomic E-state index is 0.278. The molecular formula is C15H24N2O2. The average molecular weight is 264 g/mol. The minimum atomic E-state index is 0.278. The lowest BCUT2D eigenvalue weighted by molar-refractivity contribution is 0.0251. The van der Waals surface area contributed by atoms with Gasteiger partial charge in [0.1, 0.15) is 11.9 Å². The number of aromatic nitrogens is 1. The third kappa shape index (κ3) is 4.80. The first-order valence-corrected chi connectivity index (χ1v) is 7.13. The Labute approximate surface area is 115 Å². The molecule has 1 aliphatic rings. The van der Waals surface area contributed by atoms with E-state index in [0.717, 1.165) is 50.5 Å². The average Bonchev–Trinajstić information content (AvgIpc) is 2.41. The molecule has 1 fully saturated rings. The molecule has 106 valence electrons. The fourth-order valence-corrected chi connectivity index (χ4v) is 2.13. The van der Waals surface area contributed by atoms with Crippen molar-refractivity contribution in [2.75, 3.05) is 19.8 Å². The number of pyridine rings is 1. The van der Waals surface area contributed by atoms with Crippen LogP contribution in [0.3, 0.4) is 0 Å². The molecule has 0 atom stereocenters. The fraction of sp³-hybridized carbons (Fsp3) is 0.667. The molecule has 4 heteroatoms. The molecule has 0 bridgehead atoms. The van der Waals surface area contributed by atoms with Crippen molar-refractivity contribution in [2.24, 2.45) is 5.92 Å². The van der Waals surface area contributed by atoms with Crippen molar-refractivity contribution in [1.82, 2.24) is 10.3 Å². The summed E-state index contributed by atoms with van der Waals surface area (Å²) in [7, 11) is 0. The van der Waals surface area contributed by atoms with Crippen LogP contribution in [0.25, 0.3) is 0 Å². The molecule has 0 spiro atoms. The smallest absolute Gasteiger partial charge is 0.127 e. The predicted octanol–water partition coefficient (Wildman–Crippen LogP) is 2.39. The van der Waals surface area contributed by atoms with Gasteiger partial charge in [0.25, 0.3) is 0 Å². The Morgan fingerprint density at radius 2 is 2.21 bits per heavy atom. The van der Waals surface area contributed by atoms with E-state index in [-0.39, 0.29) is 6.10 Å². The van der Waals surface area contributed by atoms with Crippen LogP contribution in [0.15, 0.2) is 18.5 Å². The summed E-state index contributed by atoms with van der Waals surface area (Å²) in [5, 5.41) is 3.43. The predicted molar refractivity (Wildman–Crippen MR) is 75.3 cm³/mol. The minimum Gasteiger partial charge on any atom is -0.490 e. The van der Waals surface area contributed by atoms with Crippen LogP contribution in [0, 0.1) is 5.92 Å². The molecule has 1 N–H and O–H groups in total. The van der Waals surface area contributed by atoms with Gasteiger partial charge in [-0.25, -0.2) is 0 Å². The normalized spacial score (nSPS) is 16.8. The molecular weight excluding hydrogens is 240 g/mol. The van der Waals surface area contributed by atoms with E-state index in [1.165, 1.54) is 0 Å². The standard InChI is InChI=1S/C15H24N2O2/c1-12(2)9-17-11-13-10-16-6-3-15(13)19-14-4-7-18-8-5-14/h3,6,10,12,14,17H,4-5,7-9,11H2,1-2H3. The number of rotatable bonds is 6. The monoisotopic (exact) mass is 264 g/mol. The summed E-state index contributed by atoms with van der Waals surface area (Å²) in [6.45, 7) is 7.83. The van der Waals surface area contributed by atoms with Crippen molar-refractivity contribution in [3.63, 3.8) is 0 Å². The maximum atomic E-state index is 6.08. The zero-order valence-electron chi connectivity index (χ0n) is 11.9. The lowest BCUT2D eigenvalue weighted by Crippen LogP contribution is -2.27. The third-order valence-corrected chi connectivity index (χ3v) is 3.19. The van der Waals surface area contributed by atoms with Crippen LogP contribution in [-0.4, -0.2) is 30.8 Å². The summed E-state index contributed by atoms with van der Waals surface area (Å²) in [6.07, 6.45) is 5.91. The summed E-state index contributed by atoms with van der Waals surface area (Å²) in [6, 6.07) is 1.96. The number of nitrogens with zero attached hydrogens (tertiary/aromatic N) is 1. The molecule has 0 aliphatic carbocycles. The summed E-state index contributed by atoms with van der Waals surface area (Å²) in [4.78, 5) is 4.19. The van der Waals surface area contributed by atoms with E-state index in [1.54, 1.807) is 6.20 Å². The summed E-state index contributed by atoms with van der Waals surface area (Å²) in [5.41, 5.74) is 1.13. The van der Waals surface area contributed by atoms with E-state index in [0.29, 0.717) is 5.92 Å². The first-order chi connectivity index (χ1) is 9.25. The van der Waals surface area contributed by atoms with Crippen molar-refractivity contribution in [3.05, 3.63) is 24.0 Å². The second kappa shape index (κ2) is 7.46. The number of hydrogen-bond acceptors (Lipinski definition) is 4. The molecule has 1 saturated heterocycles. The molecule has 0 aromatic carbocycles. The Hall–Kier alpha value is -1.13. The molecule has 4 nitrogen and oxygen atoms in total. The first kappa shape index (κ1) is 14.3. The molecule has 0 saturated carbocycles. The summed E-state index contributed by atoms with van der Waals surface area (Å²) >= 11 is 0. The molecule has 1 aliphatic heterocycles. The maximum Gasteiger partial charge on any atom is 0.127 e. The van der Waals surface area contributed by atoms with Gasteiger partial charge in [-0.05, 0) is 18.5 Å². The third-order valence-electron chi connectivity index (χ3n) is 3.19. The van der Waals surface area contributed by atoms with Crippen molar-refractivity contribution in [2.45, 2.75) is 39.3 Å². The summed E-state index contributed by atoms with van der Waals surface area (Å²) < 4.78 is 11.4. The van der Waals surface area contributed by atoms with Gasteiger partial charge in [-0.1, -0.05) is 13.8 Å². The Kier molecular flexibility index (Phi) is 5.61. The molecule has 1 aromatic heterocycles. The van der Waals surface area contributed by atoms with Crippen LogP contribution >= 0.6 is 0 Å². The highest BCUT2D eigenvalue weighted by Gasteiger charge is 2.16. The van der Waals surface area contributed by atoms with Crippen molar-refractivity contribution in [1.29, 1.82) is 0 Å². The largest absolute Gasteiger partial charge is 0.490 e. The van der Waals surface area contributed by atoms with Crippen LogP contribution in [-0.2, 0) is 11.3 Å². The second-order valence-corrected chi connectivity index (χ2v) is 5.44. The van der Waals surface area contributed by atoms with Crippen LogP contribution in [0.1, 0.15) is 32.3 Å². The van der Waals surface area contributed by atoms with Gasteiger partial charge in [-0.3, -0.25) is 4.98 Å². The zero-order valence-corrected chi connectivity index (χ0v) is 11.9. The van der Waals surface area contributed by atoms with Gasteiger partial charge in [-0.15, -0.1) is 0 Å². The summed E-state index contributed by atoms with van der Waals surface area (Å²) in [5.74, 6) is 1.61. The highest BCUT2D eigenvalue weighted by molar-refractivity contribution is 5.30. The number of ether oxygens (including phenoxy) is 2. The van der Waals surface area contributed by atoms with E-state index in [9.17, 15) is 0 Å². The molecule has 2 rings (SSSR count). The van der Waals surface area contributed by atoms with Crippen molar-refractivity contribution in [3.8, 4) is 5.75 Å². The topological polar surface area (TPSA) is 43.4 Å². The van der Waals surface area contributed by atoms with Crippen LogP contribution in [0.2, 0.25) is 0 Å². The van der Waals surface area contributed by atoms with E-state index < -0.39 is 0 Å². The fourth-order valence-electron chi connectivity index (χ4n) is 2.13. The Balaban J connectivity index is 1.91. The highest BCUT2D eigenvalue weighted by Crippen LogP contribution is 2.21. The van der Waals surface area contributed by atoms with E-state index in [4.69, 9.17) is 9.47 Å². The van der Waals surface area contributed by atoms with Crippen LogP contribution in [0.5, 0.6) is 5.75 Å². The Bertz CT molecular complexity index is 376. The van der Waals surface area contributed by atoms with Crippen molar-refractivity contribution < 1.29 is 9.47 Å². The molecule has 2 heterocycles. The second-order valence-electron chi connectivity index (χ2n) is 5.44. The molecule has 19 heavy (non-hydrogen) atoms. The van der Waals surface area contributed by atoms with Gasteiger partial charge < -0.3 is 14.8 Å². The highest BCUT2D eigenvalue weighted by atomic mass is 16.5. The van der Waals surface area contributed by atoms with E-state index in [2.05, 4.69) is 24.1 Å². The van der Waals surface area contributed by atoms with Crippen LogP contribution < -0.4 is 10.1 Å². The quantitative estimate of drug-likeness (QED) is 0.856. The van der Waals surface area contributed by atoms with E-state index >= 15 is 0 Å². The van der Waals surface area contributed by atoms with Crippen molar-refractivity contribution >= 4 is 0 Å². The number of hydrogen-bond donors (Lipinski definition) is 1. The lowest BCUT2D eigenvalue weighted by Gasteiger charge is -2.24. The van der Waals surface area contributed by atoms with Gasteiger partial charge in [0, 0.05) is 37.3 Å². The molecule has 0 amide bonds. The molecule has 0 unspecified atom stereocenters. The molecule has 1 aromatic rings. The van der Waals surface area contributed by atoms with Gasteiger partial charge >= 0.3 is 0 Å². The van der Waals surface area contributed by atoms with Gasteiger partial charge in [-0.2, -0.15) is 0 Å². The van der Waals surface area contributed by atoms with Gasteiger partial charge in [0.05, 0.1) is 13.2 Å². The van der Waals surface area contributed by atoms with Gasteiger partial charge in [0.2, 0.25) is 0 Å². The lowest BCUT2D eigenvalue weighted by atomic mass is 10.1.